The van der Waals surface area contributed by atoms with Gasteiger partial charge < -0.3 is 28.6 Å². The number of rotatable bonds is 50. The van der Waals surface area contributed by atoms with E-state index in [2.05, 4.69) is 27.7 Å². The molecule has 11 heteroatoms. The second-order valence-electron chi connectivity index (χ2n) is 19.7. The molecular weight excluding hydrogens is 847 g/mol. The van der Waals surface area contributed by atoms with E-state index in [1.807, 2.05) is 19.0 Å². The minimum Gasteiger partial charge on any atom is -0.465 e. The van der Waals surface area contributed by atoms with Crippen LogP contribution in [-0.4, -0.2) is 87.4 Å². The minimum atomic E-state index is -0.915. The maximum absolute atomic E-state index is 12.8. The Kier molecular flexibility index (Phi) is 46.4. The minimum absolute atomic E-state index is 0.0104. The summed E-state index contributed by atoms with van der Waals surface area (Å²) >= 11 is 0. The number of unbranched alkanes of at least 4 members (excludes halogenated alkanes) is 22. The third kappa shape index (κ3) is 45.5. The molecule has 0 aliphatic heterocycles. The van der Waals surface area contributed by atoms with E-state index in [0.717, 1.165) is 45.1 Å². The lowest BCUT2D eigenvalue weighted by Gasteiger charge is -2.19. The quantitative estimate of drug-likeness (QED) is 0.0328. The van der Waals surface area contributed by atoms with Crippen LogP contribution in [0.5, 0.6) is 0 Å². The van der Waals surface area contributed by atoms with Gasteiger partial charge in [0.1, 0.15) is 19.3 Å². The van der Waals surface area contributed by atoms with Crippen molar-refractivity contribution in [2.24, 2.45) is 5.92 Å². The van der Waals surface area contributed by atoms with E-state index >= 15 is 0 Å². The highest BCUT2D eigenvalue weighted by Crippen LogP contribution is 2.21. The summed E-state index contributed by atoms with van der Waals surface area (Å²) in [6.45, 7) is 9.71. The van der Waals surface area contributed by atoms with Crippen molar-refractivity contribution in [1.82, 2.24) is 4.90 Å². The van der Waals surface area contributed by atoms with Crippen LogP contribution in [0.15, 0.2) is 0 Å². The summed E-state index contributed by atoms with van der Waals surface area (Å²) < 4.78 is 28.2. The van der Waals surface area contributed by atoms with Crippen LogP contribution in [0.3, 0.4) is 0 Å². The SMILES string of the molecule is CCCCCCCCC(CCCCCC)COC(=O)CCCCCC(=O)OCC(COC(=O)CCCCCC(=O)OC(CCCCCCCC)CCCCCCCC)OC(=O)CCCN(C)C. The van der Waals surface area contributed by atoms with Crippen molar-refractivity contribution >= 4 is 29.8 Å². The van der Waals surface area contributed by atoms with Crippen LogP contribution in [0.1, 0.15) is 272 Å². The number of esters is 5. The monoisotopic (exact) mass is 952 g/mol. The lowest BCUT2D eigenvalue weighted by atomic mass is 9.95. The predicted molar refractivity (Wildman–Crippen MR) is 273 cm³/mol. The van der Waals surface area contributed by atoms with Crippen LogP contribution in [0.2, 0.25) is 0 Å². The summed E-state index contributed by atoms with van der Waals surface area (Å²) in [6, 6.07) is 0. The van der Waals surface area contributed by atoms with E-state index in [1.165, 1.54) is 128 Å². The number of carbonyl (C=O) groups excluding carboxylic acids is 5. The van der Waals surface area contributed by atoms with Gasteiger partial charge in [0, 0.05) is 32.1 Å². The standard InChI is InChI=1S/C56H105NO10/c1-7-11-15-19-22-28-37-49(36-27-18-14-10-4)46-63-52(58)40-31-25-32-41-53(59)64-47-51(67-56(62)44-35-45-57(5)6)48-65-54(60)42-33-26-34-43-55(61)66-50(38-29-23-20-16-12-8-2)39-30-24-21-17-13-9-3/h49-51H,7-48H2,1-6H3. The fourth-order valence-corrected chi connectivity index (χ4v) is 8.33. The highest BCUT2D eigenvalue weighted by molar-refractivity contribution is 5.71. The Hall–Kier alpha value is -2.69. The van der Waals surface area contributed by atoms with Crippen molar-refractivity contribution in [3.05, 3.63) is 0 Å². The van der Waals surface area contributed by atoms with E-state index in [4.69, 9.17) is 23.7 Å². The maximum atomic E-state index is 12.8. The normalized spacial score (nSPS) is 12.3. The van der Waals surface area contributed by atoms with Gasteiger partial charge in [-0.3, -0.25) is 24.0 Å². The average molecular weight is 952 g/mol. The molecule has 2 atom stereocenters. The van der Waals surface area contributed by atoms with Gasteiger partial charge in [-0.2, -0.15) is 0 Å². The van der Waals surface area contributed by atoms with Crippen LogP contribution in [0.4, 0.5) is 0 Å². The van der Waals surface area contributed by atoms with E-state index in [1.54, 1.807) is 0 Å². The van der Waals surface area contributed by atoms with E-state index in [-0.39, 0.29) is 50.5 Å². The smallest absolute Gasteiger partial charge is 0.306 e. The number of hydrogen-bond acceptors (Lipinski definition) is 11. The molecule has 0 aromatic heterocycles. The van der Waals surface area contributed by atoms with E-state index in [0.29, 0.717) is 70.3 Å². The van der Waals surface area contributed by atoms with Crippen molar-refractivity contribution in [3.8, 4) is 0 Å². The number of nitrogens with zero attached hydrogens (tertiary/aromatic N) is 1. The van der Waals surface area contributed by atoms with Crippen molar-refractivity contribution < 1.29 is 47.7 Å². The zero-order valence-corrected chi connectivity index (χ0v) is 44.5. The molecule has 0 saturated heterocycles. The van der Waals surface area contributed by atoms with Gasteiger partial charge in [-0.1, -0.05) is 169 Å². The first kappa shape index (κ1) is 64.3. The third-order valence-corrected chi connectivity index (χ3v) is 12.6. The zero-order valence-electron chi connectivity index (χ0n) is 44.5. The van der Waals surface area contributed by atoms with Gasteiger partial charge in [0.25, 0.3) is 0 Å². The highest BCUT2D eigenvalue weighted by atomic mass is 16.6. The summed E-state index contributed by atoms with van der Waals surface area (Å²) in [5.74, 6) is -1.20. The molecular formula is C56H105NO10. The molecule has 0 rings (SSSR count). The molecule has 0 saturated carbocycles. The lowest BCUT2D eigenvalue weighted by molar-refractivity contribution is -0.167. The first-order valence-electron chi connectivity index (χ1n) is 28.0. The van der Waals surface area contributed by atoms with Gasteiger partial charge in [-0.05, 0) is 97.2 Å². The lowest BCUT2D eigenvalue weighted by Crippen LogP contribution is -2.31. The molecule has 11 nitrogen and oxygen atoms in total. The van der Waals surface area contributed by atoms with Crippen LogP contribution in [0, 0.1) is 5.92 Å². The predicted octanol–water partition coefficient (Wildman–Crippen LogP) is 14.5. The number of carbonyl (C=O) groups is 5. The van der Waals surface area contributed by atoms with Gasteiger partial charge in [0.15, 0.2) is 6.10 Å². The Morgan fingerprint density at radius 3 is 1.03 bits per heavy atom. The fraction of sp³-hybridized carbons (Fsp3) is 0.911. The molecule has 0 radical (unpaired) electrons. The van der Waals surface area contributed by atoms with Gasteiger partial charge in [-0.15, -0.1) is 0 Å². The Balaban J connectivity index is 4.72. The fourth-order valence-electron chi connectivity index (χ4n) is 8.33. The molecule has 0 spiro atoms. The Bertz CT molecular complexity index is 1160. The summed E-state index contributed by atoms with van der Waals surface area (Å²) in [7, 11) is 3.86. The molecule has 0 fully saturated rings. The molecule has 0 heterocycles. The first-order chi connectivity index (χ1) is 32.5. The Morgan fingerprint density at radius 1 is 0.328 bits per heavy atom. The van der Waals surface area contributed by atoms with Crippen molar-refractivity contribution in [3.63, 3.8) is 0 Å². The molecule has 0 aliphatic rings. The Labute approximate surface area is 411 Å². The van der Waals surface area contributed by atoms with Gasteiger partial charge in [0.2, 0.25) is 0 Å². The largest absolute Gasteiger partial charge is 0.465 e. The first-order valence-corrected chi connectivity index (χ1v) is 28.0. The Morgan fingerprint density at radius 2 is 0.627 bits per heavy atom. The van der Waals surface area contributed by atoms with Crippen LogP contribution in [-0.2, 0) is 47.7 Å². The molecule has 0 aliphatic carbocycles. The molecule has 0 amide bonds. The topological polar surface area (TPSA) is 135 Å². The molecule has 0 bridgehead atoms. The summed E-state index contributed by atoms with van der Waals surface area (Å²) in [4.78, 5) is 65.4. The molecule has 0 aromatic rings. The second-order valence-corrected chi connectivity index (χ2v) is 19.7. The summed E-state index contributed by atoms with van der Waals surface area (Å²) in [5.41, 5.74) is 0. The molecule has 67 heavy (non-hydrogen) atoms. The van der Waals surface area contributed by atoms with Crippen molar-refractivity contribution in [1.29, 1.82) is 0 Å². The highest BCUT2D eigenvalue weighted by Gasteiger charge is 2.20. The number of hydrogen-bond donors (Lipinski definition) is 0. The van der Waals surface area contributed by atoms with Crippen LogP contribution in [0.25, 0.3) is 0 Å². The van der Waals surface area contributed by atoms with E-state index < -0.39 is 24.0 Å². The average Bonchev–Trinajstić information content (AvgIpc) is 3.30. The van der Waals surface area contributed by atoms with Gasteiger partial charge in [0.05, 0.1) is 6.61 Å². The zero-order chi connectivity index (χ0) is 49.4. The number of ether oxygens (including phenoxy) is 5. The van der Waals surface area contributed by atoms with E-state index in [9.17, 15) is 24.0 Å². The second kappa shape index (κ2) is 48.3. The summed E-state index contributed by atoms with van der Waals surface area (Å²) in [5, 5.41) is 0. The maximum Gasteiger partial charge on any atom is 0.306 e. The van der Waals surface area contributed by atoms with Gasteiger partial charge >= 0.3 is 29.8 Å². The van der Waals surface area contributed by atoms with Crippen molar-refractivity contribution in [2.45, 2.75) is 284 Å². The summed E-state index contributed by atoms with van der Waals surface area (Å²) in [6.07, 6.45) is 35.8. The molecule has 2 unspecified atom stereocenters. The molecule has 394 valence electrons. The molecule has 0 aromatic carbocycles. The van der Waals surface area contributed by atoms with Gasteiger partial charge in [-0.25, -0.2) is 0 Å². The van der Waals surface area contributed by atoms with Crippen LogP contribution >= 0.6 is 0 Å². The molecule has 0 N–H and O–H groups in total. The third-order valence-electron chi connectivity index (χ3n) is 12.6. The van der Waals surface area contributed by atoms with Crippen molar-refractivity contribution in [2.75, 3.05) is 40.5 Å². The van der Waals surface area contributed by atoms with Crippen LogP contribution < -0.4 is 0 Å².